The van der Waals surface area contributed by atoms with Crippen LogP contribution in [-0.4, -0.2) is 78.0 Å². The number of benzene rings is 2. The van der Waals surface area contributed by atoms with Gasteiger partial charge in [-0.05, 0) is 30.3 Å². The van der Waals surface area contributed by atoms with Crippen molar-refractivity contribution in [3.8, 4) is 11.5 Å². The third-order valence-electron chi connectivity index (χ3n) is 8.51. The standard InChI is InChI=1S/C29H32BrN3O4/c1-32-12-14-33(15-13-32)18-22-25(19-6-4-3-5-7-19)29(20-8-10-21(30)11-9-20)28(35,27(22)34)26-23(36-2)16-31-17-24(26)37-29/h3-11,16-17,22,25,27,34-35H,12-15,18H2,1-2H3/t22-,25-,27-,28+,29+/m1/s1. The zero-order valence-electron chi connectivity index (χ0n) is 21.0. The molecule has 0 unspecified atom stereocenters. The van der Waals surface area contributed by atoms with Gasteiger partial charge in [0.2, 0.25) is 0 Å². The molecule has 7 nitrogen and oxygen atoms in total. The number of aliphatic hydroxyl groups excluding tert-OH is 1. The minimum atomic E-state index is -1.76. The fourth-order valence-corrected chi connectivity index (χ4v) is 7.03. The van der Waals surface area contributed by atoms with E-state index in [0.717, 1.165) is 41.8 Å². The van der Waals surface area contributed by atoms with Gasteiger partial charge in [0.1, 0.15) is 11.5 Å². The van der Waals surface area contributed by atoms with E-state index in [1.165, 1.54) is 0 Å². The average molecular weight is 566 g/mol. The number of fused-ring (bicyclic) bond motifs is 3. The highest BCUT2D eigenvalue weighted by atomic mass is 79.9. The third kappa shape index (κ3) is 3.65. The van der Waals surface area contributed by atoms with Gasteiger partial charge in [0, 0.05) is 49.0 Å². The second-order valence-electron chi connectivity index (χ2n) is 10.4. The molecule has 0 spiro atoms. The van der Waals surface area contributed by atoms with E-state index >= 15 is 0 Å². The van der Waals surface area contributed by atoms with Gasteiger partial charge in [0.05, 0.1) is 31.2 Å². The molecule has 1 saturated carbocycles. The molecule has 2 aromatic carbocycles. The van der Waals surface area contributed by atoms with Crippen molar-refractivity contribution >= 4 is 15.9 Å². The first kappa shape index (κ1) is 24.8. The summed E-state index contributed by atoms with van der Waals surface area (Å²) >= 11 is 3.55. The Labute approximate surface area is 225 Å². The summed E-state index contributed by atoms with van der Waals surface area (Å²) in [6.07, 6.45) is 2.08. The van der Waals surface area contributed by atoms with Crippen molar-refractivity contribution in [3.05, 3.63) is 88.2 Å². The Kier molecular flexibility index (Phi) is 6.28. The molecule has 0 bridgehead atoms. The number of aliphatic hydroxyl groups is 2. The summed E-state index contributed by atoms with van der Waals surface area (Å²) in [7, 11) is 3.69. The van der Waals surface area contributed by atoms with Gasteiger partial charge >= 0.3 is 0 Å². The van der Waals surface area contributed by atoms with Gasteiger partial charge in [-0.3, -0.25) is 4.98 Å². The molecule has 8 heteroatoms. The van der Waals surface area contributed by atoms with E-state index in [1.54, 1.807) is 19.5 Å². The highest BCUT2D eigenvalue weighted by molar-refractivity contribution is 9.10. The molecular weight excluding hydrogens is 534 g/mol. The van der Waals surface area contributed by atoms with E-state index < -0.39 is 17.3 Å². The van der Waals surface area contributed by atoms with Crippen molar-refractivity contribution in [2.45, 2.75) is 23.2 Å². The molecule has 0 amide bonds. The molecule has 2 fully saturated rings. The molecular formula is C29H32BrN3O4. The van der Waals surface area contributed by atoms with Crippen LogP contribution in [0.3, 0.4) is 0 Å². The first-order valence-electron chi connectivity index (χ1n) is 12.7. The third-order valence-corrected chi connectivity index (χ3v) is 9.04. The van der Waals surface area contributed by atoms with Crippen LogP contribution in [0.15, 0.2) is 71.5 Å². The van der Waals surface area contributed by atoms with E-state index in [4.69, 9.17) is 9.47 Å². The largest absolute Gasteiger partial charge is 0.495 e. The zero-order chi connectivity index (χ0) is 25.8. The summed E-state index contributed by atoms with van der Waals surface area (Å²) in [5, 5.41) is 25.1. The molecule has 1 saturated heterocycles. The Hall–Kier alpha value is -2.49. The smallest absolute Gasteiger partial charge is 0.177 e. The number of halogens is 1. The van der Waals surface area contributed by atoms with Crippen LogP contribution in [-0.2, 0) is 11.2 Å². The molecule has 1 aliphatic carbocycles. The predicted molar refractivity (Wildman–Crippen MR) is 144 cm³/mol. The van der Waals surface area contributed by atoms with Crippen molar-refractivity contribution in [2.75, 3.05) is 46.9 Å². The maximum Gasteiger partial charge on any atom is 0.177 e. The molecule has 3 aliphatic rings. The lowest BCUT2D eigenvalue weighted by Crippen LogP contribution is -2.52. The van der Waals surface area contributed by atoms with Crippen molar-refractivity contribution in [1.82, 2.24) is 14.8 Å². The summed E-state index contributed by atoms with van der Waals surface area (Å²) in [6.45, 7) is 4.41. The lowest BCUT2D eigenvalue weighted by molar-refractivity contribution is -0.152. The molecule has 37 heavy (non-hydrogen) atoms. The lowest BCUT2D eigenvalue weighted by atomic mass is 9.70. The first-order valence-corrected chi connectivity index (χ1v) is 13.5. The Morgan fingerprint density at radius 1 is 1.05 bits per heavy atom. The summed E-state index contributed by atoms with van der Waals surface area (Å²) in [5.41, 5.74) is -0.779. The highest BCUT2D eigenvalue weighted by Gasteiger charge is 2.76. The summed E-state index contributed by atoms with van der Waals surface area (Å²) in [4.78, 5) is 9.02. The van der Waals surface area contributed by atoms with Crippen LogP contribution in [0.5, 0.6) is 11.5 Å². The Morgan fingerprint density at radius 2 is 1.76 bits per heavy atom. The van der Waals surface area contributed by atoms with Crippen molar-refractivity contribution < 1.29 is 19.7 Å². The summed E-state index contributed by atoms with van der Waals surface area (Å²) in [5.74, 6) is 0.199. The van der Waals surface area contributed by atoms with Crippen LogP contribution in [0.25, 0.3) is 0 Å². The fraction of sp³-hybridized carbons (Fsp3) is 0.414. The van der Waals surface area contributed by atoms with Gasteiger partial charge in [0.15, 0.2) is 11.2 Å². The van der Waals surface area contributed by atoms with E-state index in [9.17, 15) is 10.2 Å². The van der Waals surface area contributed by atoms with Gasteiger partial charge < -0.3 is 29.5 Å². The number of piperazine rings is 1. The van der Waals surface area contributed by atoms with Crippen molar-refractivity contribution in [2.24, 2.45) is 5.92 Å². The normalized spacial score (nSPS) is 31.5. The lowest BCUT2D eigenvalue weighted by Gasteiger charge is -2.41. The zero-order valence-corrected chi connectivity index (χ0v) is 22.6. The Balaban J connectivity index is 1.58. The number of ether oxygens (including phenoxy) is 2. The molecule has 5 atom stereocenters. The minimum absolute atomic E-state index is 0.300. The van der Waals surface area contributed by atoms with Crippen molar-refractivity contribution in [1.29, 1.82) is 0 Å². The van der Waals surface area contributed by atoms with Crippen LogP contribution in [0, 0.1) is 5.92 Å². The Morgan fingerprint density at radius 3 is 2.43 bits per heavy atom. The monoisotopic (exact) mass is 565 g/mol. The van der Waals surface area contributed by atoms with E-state index in [0.29, 0.717) is 23.6 Å². The molecule has 1 aromatic heterocycles. The van der Waals surface area contributed by atoms with Crippen LogP contribution < -0.4 is 9.47 Å². The minimum Gasteiger partial charge on any atom is -0.495 e. The predicted octanol–water partition coefficient (Wildman–Crippen LogP) is 3.35. The van der Waals surface area contributed by atoms with Gasteiger partial charge in [-0.15, -0.1) is 0 Å². The number of nitrogens with zero attached hydrogens (tertiary/aromatic N) is 3. The summed E-state index contributed by atoms with van der Waals surface area (Å²) < 4.78 is 13.5. The number of likely N-dealkylation sites (N-methyl/N-ethyl adjacent to an activating group) is 1. The number of hydrogen-bond donors (Lipinski definition) is 2. The molecule has 0 radical (unpaired) electrons. The number of aromatic nitrogens is 1. The fourth-order valence-electron chi connectivity index (χ4n) is 6.76. The molecule has 6 rings (SSSR count). The molecule has 2 aliphatic heterocycles. The number of pyridine rings is 1. The highest BCUT2D eigenvalue weighted by Crippen LogP contribution is 2.69. The van der Waals surface area contributed by atoms with Crippen LogP contribution in [0.1, 0.15) is 22.6 Å². The Bertz CT molecular complexity index is 1270. The molecule has 2 N–H and O–H groups in total. The molecule has 3 aromatic rings. The second-order valence-corrected chi connectivity index (χ2v) is 11.3. The average Bonchev–Trinajstić information content (AvgIpc) is 3.29. The number of rotatable bonds is 5. The molecule has 3 heterocycles. The van der Waals surface area contributed by atoms with Gasteiger partial charge in [0.25, 0.3) is 0 Å². The summed E-state index contributed by atoms with van der Waals surface area (Å²) in [6, 6.07) is 18.0. The van der Waals surface area contributed by atoms with E-state index in [2.05, 4.69) is 49.9 Å². The SMILES string of the molecule is COc1cncc2c1[C@]1(O)[C@H](O)[C@H](CN3CCN(C)CC3)[C@@H](c3ccccc3)[C@]1(c1ccc(Br)cc1)O2. The van der Waals surface area contributed by atoms with Crippen molar-refractivity contribution in [3.63, 3.8) is 0 Å². The van der Waals surface area contributed by atoms with Crippen LogP contribution in [0.2, 0.25) is 0 Å². The number of methoxy groups -OCH3 is 1. The van der Waals surface area contributed by atoms with Gasteiger partial charge in [-0.1, -0.05) is 58.4 Å². The second kappa shape index (κ2) is 9.36. The van der Waals surface area contributed by atoms with Crippen LogP contribution in [0.4, 0.5) is 0 Å². The maximum absolute atomic E-state index is 12.9. The van der Waals surface area contributed by atoms with Gasteiger partial charge in [-0.2, -0.15) is 0 Å². The number of hydrogen-bond acceptors (Lipinski definition) is 7. The quantitative estimate of drug-likeness (QED) is 0.491. The molecule has 194 valence electrons. The maximum atomic E-state index is 12.9. The van der Waals surface area contributed by atoms with E-state index in [1.807, 2.05) is 42.5 Å². The van der Waals surface area contributed by atoms with Gasteiger partial charge in [-0.25, -0.2) is 0 Å². The topological polar surface area (TPSA) is 78.3 Å². The van der Waals surface area contributed by atoms with Crippen LogP contribution >= 0.6 is 15.9 Å². The van der Waals surface area contributed by atoms with E-state index in [-0.39, 0.29) is 11.8 Å². The first-order chi connectivity index (χ1) is 17.9.